The van der Waals surface area contributed by atoms with Gasteiger partial charge in [0.2, 0.25) is 21.8 Å². The topological polar surface area (TPSA) is 86.8 Å². The largest absolute Gasteiger partial charge is 0.350 e. The molecule has 0 aliphatic heterocycles. The minimum Gasteiger partial charge on any atom is -0.350 e. The molecule has 0 saturated carbocycles. The molecule has 0 aliphatic rings. The van der Waals surface area contributed by atoms with Crippen LogP contribution in [0.15, 0.2) is 42.5 Å². The summed E-state index contributed by atoms with van der Waals surface area (Å²) in [6, 6.07) is 12.4. The average molecular weight is 502 g/mol. The van der Waals surface area contributed by atoms with Crippen LogP contribution in [0.2, 0.25) is 0 Å². The zero-order valence-corrected chi connectivity index (χ0v) is 23.0. The van der Waals surface area contributed by atoms with Crippen LogP contribution in [-0.2, 0) is 26.2 Å². The van der Waals surface area contributed by atoms with Gasteiger partial charge in [-0.2, -0.15) is 0 Å². The Morgan fingerprint density at radius 1 is 0.971 bits per heavy atom. The molecule has 0 saturated heterocycles. The Kier molecular flexibility index (Phi) is 9.11. The number of hydrogen-bond acceptors (Lipinski definition) is 4. The Labute approximate surface area is 210 Å². The Morgan fingerprint density at radius 2 is 1.57 bits per heavy atom. The fourth-order valence-electron chi connectivity index (χ4n) is 4.09. The van der Waals surface area contributed by atoms with Crippen LogP contribution in [0, 0.1) is 20.8 Å². The van der Waals surface area contributed by atoms with Crippen LogP contribution in [0.25, 0.3) is 0 Å². The molecule has 35 heavy (non-hydrogen) atoms. The van der Waals surface area contributed by atoms with Gasteiger partial charge in [-0.25, -0.2) is 8.42 Å². The third-order valence-corrected chi connectivity index (χ3v) is 6.63. The van der Waals surface area contributed by atoms with Crippen LogP contribution in [0.1, 0.15) is 56.4 Å². The zero-order chi connectivity index (χ0) is 26.6. The molecule has 2 rings (SSSR count). The number of carbonyl (C=O) groups excluding carboxylic acids is 2. The highest BCUT2D eigenvalue weighted by molar-refractivity contribution is 7.92. The molecule has 192 valence electrons. The van der Waals surface area contributed by atoms with E-state index in [1.165, 1.54) is 4.90 Å². The number of benzene rings is 2. The maximum atomic E-state index is 13.7. The van der Waals surface area contributed by atoms with E-state index in [9.17, 15) is 18.0 Å². The fraction of sp³-hybridized carbons (Fsp3) is 0.481. The van der Waals surface area contributed by atoms with Crippen LogP contribution >= 0.6 is 0 Å². The molecule has 0 aliphatic carbocycles. The number of nitrogens with zero attached hydrogens (tertiary/aromatic N) is 2. The molecule has 1 atom stereocenters. The lowest BCUT2D eigenvalue weighted by atomic mass is 10.0. The monoisotopic (exact) mass is 501 g/mol. The van der Waals surface area contributed by atoms with Gasteiger partial charge in [0.25, 0.3) is 0 Å². The first-order valence-electron chi connectivity index (χ1n) is 11.8. The molecule has 0 aromatic heterocycles. The van der Waals surface area contributed by atoms with E-state index in [0.29, 0.717) is 12.1 Å². The molecule has 2 aromatic carbocycles. The number of rotatable bonds is 9. The van der Waals surface area contributed by atoms with E-state index in [-0.39, 0.29) is 12.5 Å². The number of carbonyl (C=O) groups is 2. The summed E-state index contributed by atoms with van der Waals surface area (Å²) in [5.41, 5.74) is 3.66. The van der Waals surface area contributed by atoms with Gasteiger partial charge >= 0.3 is 0 Å². The van der Waals surface area contributed by atoms with E-state index >= 15 is 0 Å². The van der Waals surface area contributed by atoms with Gasteiger partial charge in [-0.05, 0) is 76.8 Å². The first kappa shape index (κ1) is 28.4. The molecule has 0 unspecified atom stereocenters. The number of sulfonamides is 1. The summed E-state index contributed by atoms with van der Waals surface area (Å²) in [4.78, 5) is 28.4. The summed E-state index contributed by atoms with van der Waals surface area (Å²) in [5, 5.41) is 2.97. The quantitative estimate of drug-likeness (QED) is 0.560. The lowest BCUT2D eigenvalue weighted by Crippen LogP contribution is -2.55. The van der Waals surface area contributed by atoms with Crippen LogP contribution < -0.4 is 9.62 Å². The first-order chi connectivity index (χ1) is 16.1. The summed E-state index contributed by atoms with van der Waals surface area (Å²) < 4.78 is 26.6. The zero-order valence-electron chi connectivity index (χ0n) is 22.2. The van der Waals surface area contributed by atoms with Crippen molar-refractivity contribution in [3.8, 4) is 0 Å². The second-order valence-corrected chi connectivity index (χ2v) is 12.2. The average Bonchev–Trinajstić information content (AvgIpc) is 2.68. The predicted octanol–water partition coefficient (Wildman–Crippen LogP) is 4.10. The Bertz CT molecular complexity index is 1150. The van der Waals surface area contributed by atoms with Crippen molar-refractivity contribution in [2.75, 3.05) is 17.1 Å². The molecule has 2 amide bonds. The Morgan fingerprint density at radius 3 is 2.06 bits per heavy atom. The minimum absolute atomic E-state index is 0.195. The van der Waals surface area contributed by atoms with Gasteiger partial charge < -0.3 is 10.2 Å². The van der Waals surface area contributed by atoms with Crippen molar-refractivity contribution in [1.82, 2.24) is 10.2 Å². The van der Waals surface area contributed by atoms with E-state index in [2.05, 4.69) is 5.32 Å². The van der Waals surface area contributed by atoms with Gasteiger partial charge in [0, 0.05) is 12.1 Å². The van der Waals surface area contributed by atoms with Crippen molar-refractivity contribution in [3.63, 3.8) is 0 Å². The van der Waals surface area contributed by atoms with Gasteiger partial charge in [-0.3, -0.25) is 13.9 Å². The number of aryl methyl sites for hydroxylation is 3. The molecule has 0 spiro atoms. The molecule has 8 heteroatoms. The molecular weight excluding hydrogens is 462 g/mol. The van der Waals surface area contributed by atoms with Crippen molar-refractivity contribution in [2.24, 2.45) is 0 Å². The summed E-state index contributed by atoms with van der Waals surface area (Å²) >= 11 is 0. The highest BCUT2D eigenvalue weighted by atomic mass is 32.2. The second kappa shape index (κ2) is 11.2. The van der Waals surface area contributed by atoms with Crippen LogP contribution in [0.4, 0.5) is 5.69 Å². The van der Waals surface area contributed by atoms with Gasteiger partial charge in [0.05, 0.1) is 11.9 Å². The van der Waals surface area contributed by atoms with Gasteiger partial charge in [0.1, 0.15) is 12.6 Å². The maximum Gasteiger partial charge on any atom is 0.244 e. The summed E-state index contributed by atoms with van der Waals surface area (Å²) in [6.07, 6.45) is 1.48. The number of amides is 2. The van der Waals surface area contributed by atoms with Crippen molar-refractivity contribution in [2.45, 2.75) is 73.0 Å². The number of anilines is 1. The number of nitrogens with one attached hydrogen (secondary N) is 1. The van der Waals surface area contributed by atoms with Crippen molar-refractivity contribution in [3.05, 3.63) is 64.7 Å². The molecular formula is C27H39N3O4S. The van der Waals surface area contributed by atoms with Crippen molar-refractivity contribution < 1.29 is 18.0 Å². The van der Waals surface area contributed by atoms with Crippen LogP contribution in [0.3, 0.4) is 0 Å². The Hall–Kier alpha value is -2.87. The lowest BCUT2D eigenvalue weighted by Gasteiger charge is -2.34. The third-order valence-electron chi connectivity index (χ3n) is 5.49. The third kappa shape index (κ3) is 8.38. The SMILES string of the molecule is CC[C@@H](C(=O)NC(C)(C)C)N(Cc1cccc(C)c1)C(=O)CN(c1cc(C)cc(C)c1)S(C)(=O)=O. The van der Waals surface area contributed by atoms with Crippen LogP contribution in [0.5, 0.6) is 0 Å². The number of hydrogen-bond donors (Lipinski definition) is 1. The van der Waals surface area contributed by atoms with E-state index < -0.39 is 34.1 Å². The predicted molar refractivity (Wildman–Crippen MR) is 142 cm³/mol. The summed E-state index contributed by atoms with van der Waals surface area (Å²) in [7, 11) is -3.76. The molecule has 7 nitrogen and oxygen atoms in total. The molecule has 0 heterocycles. The van der Waals surface area contributed by atoms with Crippen LogP contribution in [-0.4, -0.2) is 49.5 Å². The molecule has 2 aromatic rings. The van der Waals surface area contributed by atoms with E-state index in [1.54, 1.807) is 12.1 Å². The van der Waals surface area contributed by atoms with Gasteiger partial charge in [-0.15, -0.1) is 0 Å². The van der Waals surface area contributed by atoms with Gasteiger partial charge in [0.15, 0.2) is 0 Å². The Balaban J connectivity index is 2.49. The molecule has 0 fully saturated rings. The smallest absolute Gasteiger partial charge is 0.244 e. The lowest BCUT2D eigenvalue weighted by molar-refractivity contribution is -0.141. The second-order valence-electron chi connectivity index (χ2n) is 10.3. The van der Waals surface area contributed by atoms with Gasteiger partial charge in [-0.1, -0.05) is 42.8 Å². The van der Waals surface area contributed by atoms with E-state index in [1.807, 2.05) is 78.8 Å². The molecule has 1 N–H and O–H groups in total. The normalized spacial score (nSPS) is 12.7. The van der Waals surface area contributed by atoms with E-state index in [0.717, 1.165) is 32.8 Å². The molecule has 0 bridgehead atoms. The van der Waals surface area contributed by atoms with Crippen molar-refractivity contribution in [1.29, 1.82) is 0 Å². The van der Waals surface area contributed by atoms with Crippen molar-refractivity contribution >= 4 is 27.5 Å². The molecule has 0 radical (unpaired) electrons. The highest BCUT2D eigenvalue weighted by Crippen LogP contribution is 2.23. The summed E-state index contributed by atoms with van der Waals surface area (Å²) in [6.45, 7) is 13.0. The fourth-order valence-corrected chi connectivity index (χ4v) is 4.92. The highest BCUT2D eigenvalue weighted by Gasteiger charge is 2.33. The first-order valence-corrected chi connectivity index (χ1v) is 13.7. The maximum absolute atomic E-state index is 13.7. The van der Waals surface area contributed by atoms with E-state index in [4.69, 9.17) is 0 Å². The summed E-state index contributed by atoms with van der Waals surface area (Å²) in [5.74, 6) is -0.703. The minimum atomic E-state index is -3.76. The standard InChI is InChI=1S/C27H39N3O4S/c1-9-24(26(32)28-27(5,6)7)29(17-22-12-10-11-19(2)14-22)25(31)18-30(35(8,33)34)23-15-20(3)13-21(4)16-23/h10-16,24H,9,17-18H2,1-8H3,(H,28,32)/t24-/m0/s1.